The van der Waals surface area contributed by atoms with Crippen molar-refractivity contribution in [1.82, 2.24) is 10.2 Å². The van der Waals surface area contributed by atoms with Gasteiger partial charge >= 0.3 is 6.09 Å². The molecule has 0 aromatic heterocycles. The molecule has 0 bridgehead atoms. The summed E-state index contributed by atoms with van der Waals surface area (Å²) in [6.07, 6.45) is -0.661. The smallest absolute Gasteiger partial charge is 0.409 e. The Hall–Kier alpha value is -4.73. The van der Waals surface area contributed by atoms with Gasteiger partial charge in [0.05, 0.1) is 56.1 Å². The SMILES string of the molecule is COC(=O)N(C)CCNC1c2cc([N+](=O)[O-])cc([N+](=O)[O-])c2-c2c1cc([N+](=O)[O-])cc2[N+](=O)[O-]. The van der Waals surface area contributed by atoms with Crippen LogP contribution < -0.4 is 5.32 Å². The Kier molecular flexibility index (Phi) is 6.35. The normalized spacial score (nSPS) is 11.9. The number of rotatable bonds is 8. The number of likely N-dealkylation sites (N-methyl/N-ethyl adjacent to an activating group) is 1. The molecule has 0 aliphatic heterocycles. The Morgan fingerprint density at radius 3 is 1.68 bits per heavy atom. The van der Waals surface area contributed by atoms with E-state index in [9.17, 15) is 45.3 Å². The van der Waals surface area contributed by atoms with E-state index in [0.717, 1.165) is 12.1 Å². The Labute approximate surface area is 189 Å². The fourth-order valence-electron chi connectivity index (χ4n) is 3.78. The molecular weight excluding hydrogens is 460 g/mol. The van der Waals surface area contributed by atoms with E-state index in [4.69, 9.17) is 0 Å². The molecular formula is C18H16N6O10. The maximum absolute atomic E-state index is 11.7. The molecule has 1 N–H and O–H groups in total. The number of fused-ring (bicyclic) bond motifs is 3. The first kappa shape index (κ1) is 23.9. The van der Waals surface area contributed by atoms with Crippen LogP contribution in [0.3, 0.4) is 0 Å². The molecule has 2 aromatic carbocycles. The minimum atomic E-state index is -1.10. The van der Waals surface area contributed by atoms with Crippen LogP contribution in [0.2, 0.25) is 0 Å². The van der Waals surface area contributed by atoms with Crippen LogP contribution in [-0.2, 0) is 4.74 Å². The molecule has 0 heterocycles. The van der Waals surface area contributed by atoms with Gasteiger partial charge in [0.15, 0.2) is 0 Å². The quantitative estimate of drug-likeness (QED) is 0.431. The van der Waals surface area contributed by atoms with Crippen LogP contribution in [-0.4, -0.2) is 57.9 Å². The number of benzene rings is 2. The van der Waals surface area contributed by atoms with Crippen molar-refractivity contribution in [2.24, 2.45) is 0 Å². The summed E-state index contributed by atoms with van der Waals surface area (Å²) in [5, 5.41) is 49.2. The van der Waals surface area contributed by atoms with Gasteiger partial charge in [0, 0.05) is 32.3 Å². The first-order valence-electron chi connectivity index (χ1n) is 9.44. The molecule has 0 radical (unpaired) electrons. The number of nitrogens with zero attached hydrogens (tertiary/aromatic N) is 5. The number of carbonyl (C=O) groups is 1. The molecule has 0 saturated heterocycles. The van der Waals surface area contributed by atoms with Crippen LogP contribution in [0.25, 0.3) is 11.1 Å². The van der Waals surface area contributed by atoms with Crippen molar-refractivity contribution in [3.8, 4) is 11.1 Å². The molecule has 2 aromatic rings. The van der Waals surface area contributed by atoms with E-state index >= 15 is 0 Å². The van der Waals surface area contributed by atoms with Crippen LogP contribution >= 0.6 is 0 Å². The summed E-state index contributed by atoms with van der Waals surface area (Å²) in [6.45, 7) is 0.0734. The summed E-state index contributed by atoms with van der Waals surface area (Å²) in [7, 11) is 2.60. The molecule has 0 fully saturated rings. The predicted molar refractivity (Wildman–Crippen MR) is 113 cm³/mol. The number of carbonyl (C=O) groups excluding carboxylic acids is 1. The van der Waals surface area contributed by atoms with Gasteiger partial charge in [-0.3, -0.25) is 40.5 Å². The molecule has 0 saturated carbocycles. The number of non-ortho nitro benzene ring substituents is 2. The monoisotopic (exact) mass is 476 g/mol. The van der Waals surface area contributed by atoms with E-state index in [1.54, 1.807) is 0 Å². The molecule has 0 spiro atoms. The number of nitrogens with one attached hydrogen (secondary N) is 1. The number of nitro benzene ring substituents is 4. The molecule has 0 unspecified atom stereocenters. The molecule has 16 nitrogen and oxygen atoms in total. The van der Waals surface area contributed by atoms with Crippen LogP contribution in [0.4, 0.5) is 27.5 Å². The summed E-state index contributed by atoms with van der Waals surface area (Å²) in [6, 6.07) is 2.31. The van der Waals surface area contributed by atoms with Crippen molar-refractivity contribution in [2.75, 3.05) is 27.2 Å². The number of nitro groups is 4. The topological polar surface area (TPSA) is 214 Å². The Balaban J connectivity index is 2.25. The highest BCUT2D eigenvalue weighted by Crippen LogP contribution is 2.53. The summed E-state index contributed by atoms with van der Waals surface area (Å²) in [4.78, 5) is 55.5. The van der Waals surface area contributed by atoms with E-state index in [-0.39, 0.29) is 35.3 Å². The third-order valence-electron chi connectivity index (χ3n) is 5.23. The number of hydrogen-bond acceptors (Lipinski definition) is 11. The summed E-state index contributed by atoms with van der Waals surface area (Å²) < 4.78 is 4.57. The third kappa shape index (κ3) is 4.16. The first-order valence-corrected chi connectivity index (χ1v) is 9.44. The molecule has 34 heavy (non-hydrogen) atoms. The minimum Gasteiger partial charge on any atom is -0.453 e. The van der Waals surface area contributed by atoms with Crippen molar-refractivity contribution in [3.05, 3.63) is 75.8 Å². The number of methoxy groups -OCH3 is 1. The van der Waals surface area contributed by atoms with Crippen molar-refractivity contribution >= 4 is 28.8 Å². The van der Waals surface area contributed by atoms with Crippen molar-refractivity contribution < 1.29 is 29.2 Å². The highest BCUT2D eigenvalue weighted by Gasteiger charge is 2.42. The fraction of sp³-hybridized carbons (Fsp3) is 0.278. The highest BCUT2D eigenvalue weighted by molar-refractivity contribution is 5.93. The molecule has 1 amide bonds. The second kappa shape index (κ2) is 9.02. The highest BCUT2D eigenvalue weighted by atomic mass is 16.6. The van der Waals surface area contributed by atoms with Gasteiger partial charge in [-0.2, -0.15) is 0 Å². The lowest BCUT2D eigenvalue weighted by Gasteiger charge is -2.19. The summed E-state index contributed by atoms with van der Waals surface area (Å²) in [5.74, 6) is 0. The van der Waals surface area contributed by atoms with E-state index in [1.807, 2.05) is 0 Å². The minimum absolute atomic E-state index is 0.0160. The standard InChI is InChI=1S/C18H16N6O10/c1-20(18(25)34-2)4-3-19-17-11-5-9(21(26)27)7-13(23(30)31)15(11)16-12(17)6-10(22(28)29)8-14(16)24(32)33/h5-8,17,19H,3-4H2,1-2H3. The molecule has 178 valence electrons. The lowest BCUT2D eigenvalue weighted by atomic mass is 10.0. The summed E-state index contributed by atoms with van der Waals surface area (Å²) in [5.41, 5.74) is -3.31. The van der Waals surface area contributed by atoms with Crippen molar-refractivity contribution in [1.29, 1.82) is 0 Å². The second-order valence-electron chi connectivity index (χ2n) is 7.17. The summed E-state index contributed by atoms with van der Waals surface area (Å²) >= 11 is 0. The first-order chi connectivity index (χ1) is 16.0. The van der Waals surface area contributed by atoms with Gasteiger partial charge in [0.25, 0.3) is 22.7 Å². The average molecular weight is 476 g/mol. The van der Waals surface area contributed by atoms with Gasteiger partial charge in [-0.15, -0.1) is 0 Å². The van der Waals surface area contributed by atoms with E-state index in [1.165, 1.54) is 19.1 Å². The predicted octanol–water partition coefficient (Wildman–Crippen LogP) is 2.68. The van der Waals surface area contributed by atoms with Gasteiger partial charge < -0.3 is 15.0 Å². The zero-order chi connectivity index (χ0) is 25.3. The molecule has 0 atom stereocenters. The maximum atomic E-state index is 11.7. The number of ether oxygens (including phenoxy) is 1. The van der Waals surface area contributed by atoms with Crippen molar-refractivity contribution in [2.45, 2.75) is 6.04 Å². The van der Waals surface area contributed by atoms with Crippen LogP contribution in [0.1, 0.15) is 17.2 Å². The van der Waals surface area contributed by atoms with Crippen molar-refractivity contribution in [3.63, 3.8) is 0 Å². The molecule has 1 aliphatic rings. The third-order valence-corrected chi connectivity index (χ3v) is 5.23. The largest absolute Gasteiger partial charge is 0.453 e. The number of hydrogen-bond donors (Lipinski definition) is 1. The van der Waals surface area contributed by atoms with Crippen LogP contribution in [0.15, 0.2) is 24.3 Å². The van der Waals surface area contributed by atoms with Gasteiger partial charge in [-0.25, -0.2) is 4.79 Å². The second-order valence-corrected chi connectivity index (χ2v) is 7.17. The maximum Gasteiger partial charge on any atom is 0.409 e. The number of amides is 1. The zero-order valence-corrected chi connectivity index (χ0v) is 17.6. The zero-order valence-electron chi connectivity index (χ0n) is 17.6. The van der Waals surface area contributed by atoms with Crippen LogP contribution in [0.5, 0.6) is 0 Å². The average Bonchev–Trinajstić information content (AvgIpc) is 3.10. The fourth-order valence-corrected chi connectivity index (χ4v) is 3.78. The lowest BCUT2D eigenvalue weighted by Crippen LogP contribution is -2.35. The van der Waals surface area contributed by atoms with E-state index < -0.39 is 54.6 Å². The van der Waals surface area contributed by atoms with Gasteiger partial charge in [0.1, 0.15) is 0 Å². The van der Waals surface area contributed by atoms with E-state index in [0.29, 0.717) is 12.1 Å². The lowest BCUT2D eigenvalue weighted by molar-refractivity contribution is -0.395. The Morgan fingerprint density at radius 2 is 1.32 bits per heavy atom. The Bertz CT molecular complexity index is 1160. The van der Waals surface area contributed by atoms with Gasteiger partial charge in [-0.05, 0) is 11.1 Å². The van der Waals surface area contributed by atoms with Gasteiger partial charge in [0.2, 0.25) is 0 Å². The molecule has 1 aliphatic carbocycles. The van der Waals surface area contributed by atoms with Gasteiger partial charge in [-0.1, -0.05) is 0 Å². The van der Waals surface area contributed by atoms with Crippen LogP contribution in [0, 0.1) is 40.5 Å². The Morgan fingerprint density at radius 1 is 0.882 bits per heavy atom. The van der Waals surface area contributed by atoms with E-state index in [2.05, 4.69) is 10.1 Å². The molecule has 16 heteroatoms. The molecule has 3 rings (SSSR count).